The molecule has 1 amide bonds. The Morgan fingerprint density at radius 1 is 1.16 bits per heavy atom. The summed E-state index contributed by atoms with van der Waals surface area (Å²) < 4.78 is 5.84. The first-order chi connectivity index (χ1) is 14.8. The van der Waals surface area contributed by atoms with Crippen LogP contribution in [0.25, 0.3) is 17.4 Å². The molecule has 3 aromatic rings. The molecule has 1 saturated heterocycles. The maximum Gasteiger partial charge on any atom is 0.335 e. The number of hydrogen-bond donors (Lipinski definition) is 1. The SMILES string of the molecule is CN1C(=O)/C(=C\c2ccc(-c3cccc(Cl)c3Cl)o2)SC1=Nc1cccc(C(=O)O)c1. The van der Waals surface area contributed by atoms with Crippen molar-refractivity contribution in [3.8, 4) is 11.3 Å². The number of rotatable bonds is 4. The summed E-state index contributed by atoms with van der Waals surface area (Å²) >= 11 is 13.5. The number of benzene rings is 2. The summed E-state index contributed by atoms with van der Waals surface area (Å²) in [5.41, 5.74) is 1.22. The standard InChI is InChI=1S/C22H14Cl2N2O4S/c1-26-20(27)18(31-22(26)25-13-5-2-4-12(10-13)21(28)29)11-14-8-9-17(30-14)15-6-3-7-16(23)19(15)24/h2-11H,1H3,(H,28,29)/b18-11+,25-22?. The maximum atomic E-state index is 12.6. The van der Waals surface area contributed by atoms with Gasteiger partial charge < -0.3 is 9.52 Å². The lowest BCUT2D eigenvalue weighted by molar-refractivity contribution is -0.121. The van der Waals surface area contributed by atoms with Gasteiger partial charge in [-0.2, -0.15) is 0 Å². The van der Waals surface area contributed by atoms with Crippen molar-refractivity contribution in [1.29, 1.82) is 0 Å². The highest BCUT2D eigenvalue weighted by Gasteiger charge is 2.30. The van der Waals surface area contributed by atoms with Gasteiger partial charge in [-0.25, -0.2) is 9.79 Å². The molecule has 31 heavy (non-hydrogen) atoms. The van der Waals surface area contributed by atoms with E-state index in [-0.39, 0.29) is 11.5 Å². The lowest BCUT2D eigenvalue weighted by Crippen LogP contribution is -2.23. The summed E-state index contributed by atoms with van der Waals surface area (Å²) in [5, 5.41) is 10.4. The molecule has 0 radical (unpaired) electrons. The smallest absolute Gasteiger partial charge is 0.335 e. The Kier molecular flexibility index (Phi) is 5.91. The minimum Gasteiger partial charge on any atom is -0.478 e. The van der Waals surface area contributed by atoms with Gasteiger partial charge in [0.25, 0.3) is 5.91 Å². The molecular weight excluding hydrogens is 459 g/mol. The van der Waals surface area contributed by atoms with Crippen LogP contribution in [-0.2, 0) is 4.79 Å². The molecule has 0 bridgehead atoms. The number of aromatic carboxylic acids is 1. The molecule has 6 nitrogen and oxygen atoms in total. The van der Waals surface area contributed by atoms with Gasteiger partial charge in [-0.15, -0.1) is 0 Å². The van der Waals surface area contributed by atoms with Gasteiger partial charge in [0.05, 0.1) is 26.2 Å². The Balaban J connectivity index is 1.61. The zero-order valence-electron chi connectivity index (χ0n) is 16.0. The molecule has 1 aromatic heterocycles. The summed E-state index contributed by atoms with van der Waals surface area (Å²) in [5.74, 6) is -0.275. The van der Waals surface area contributed by atoms with Crippen molar-refractivity contribution in [2.45, 2.75) is 0 Å². The van der Waals surface area contributed by atoms with E-state index < -0.39 is 5.97 Å². The van der Waals surface area contributed by atoms with Crippen molar-refractivity contribution < 1.29 is 19.1 Å². The minimum absolute atomic E-state index is 0.123. The fraction of sp³-hybridized carbons (Fsp3) is 0.0455. The molecule has 1 aliphatic rings. The van der Waals surface area contributed by atoms with Crippen molar-refractivity contribution in [2.24, 2.45) is 4.99 Å². The predicted octanol–water partition coefficient (Wildman–Crippen LogP) is 6.19. The van der Waals surface area contributed by atoms with Crippen LogP contribution >= 0.6 is 35.0 Å². The number of carboxylic acids is 1. The zero-order valence-corrected chi connectivity index (χ0v) is 18.3. The number of carbonyl (C=O) groups is 2. The lowest BCUT2D eigenvalue weighted by atomic mass is 10.2. The Labute approximate surface area is 191 Å². The number of hydrogen-bond acceptors (Lipinski definition) is 5. The summed E-state index contributed by atoms with van der Waals surface area (Å²) in [6.07, 6.45) is 1.63. The number of aliphatic imine (C=N–C) groups is 1. The highest BCUT2D eigenvalue weighted by molar-refractivity contribution is 8.18. The normalized spacial score (nSPS) is 16.5. The second-order valence-electron chi connectivity index (χ2n) is 6.53. The number of amides is 1. The molecule has 0 spiro atoms. The van der Waals surface area contributed by atoms with E-state index in [0.717, 1.165) is 0 Å². The van der Waals surface area contributed by atoms with Gasteiger partial charge in [0.2, 0.25) is 0 Å². The summed E-state index contributed by atoms with van der Waals surface area (Å²) in [4.78, 5) is 30.0. The molecule has 1 N–H and O–H groups in total. The van der Waals surface area contributed by atoms with E-state index in [1.54, 1.807) is 55.6 Å². The molecule has 9 heteroatoms. The van der Waals surface area contributed by atoms with E-state index in [0.29, 0.717) is 42.9 Å². The van der Waals surface area contributed by atoms with E-state index in [9.17, 15) is 9.59 Å². The fourth-order valence-corrected chi connectivity index (χ4v) is 4.23. The third-order valence-corrected chi connectivity index (χ3v) is 6.32. The van der Waals surface area contributed by atoms with Crippen LogP contribution in [-0.4, -0.2) is 34.1 Å². The first-order valence-corrected chi connectivity index (χ1v) is 10.5. The van der Waals surface area contributed by atoms with Gasteiger partial charge in [-0.05, 0) is 54.2 Å². The van der Waals surface area contributed by atoms with Crippen LogP contribution in [0.4, 0.5) is 5.69 Å². The zero-order chi connectivity index (χ0) is 22.1. The molecule has 1 fully saturated rings. The number of thioether (sulfide) groups is 1. The van der Waals surface area contributed by atoms with E-state index in [2.05, 4.69) is 4.99 Å². The summed E-state index contributed by atoms with van der Waals surface area (Å²) in [6.45, 7) is 0. The monoisotopic (exact) mass is 472 g/mol. The molecule has 0 atom stereocenters. The number of likely N-dealkylation sites (N-methyl/N-ethyl adjacent to an activating group) is 1. The van der Waals surface area contributed by atoms with Crippen molar-refractivity contribution in [3.63, 3.8) is 0 Å². The van der Waals surface area contributed by atoms with Gasteiger partial charge >= 0.3 is 5.97 Å². The van der Waals surface area contributed by atoms with E-state index >= 15 is 0 Å². The Morgan fingerprint density at radius 3 is 2.71 bits per heavy atom. The van der Waals surface area contributed by atoms with E-state index in [4.69, 9.17) is 32.7 Å². The minimum atomic E-state index is -1.04. The second kappa shape index (κ2) is 8.63. The Morgan fingerprint density at radius 2 is 1.94 bits per heavy atom. The van der Waals surface area contributed by atoms with Crippen LogP contribution in [0.1, 0.15) is 16.1 Å². The molecule has 0 unspecified atom stereocenters. The Bertz CT molecular complexity index is 1270. The molecular formula is C22H14Cl2N2O4S. The average molecular weight is 473 g/mol. The van der Waals surface area contributed by atoms with Crippen molar-refractivity contribution >= 4 is 63.8 Å². The van der Waals surface area contributed by atoms with Gasteiger partial charge in [0, 0.05) is 18.7 Å². The first-order valence-electron chi connectivity index (χ1n) is 8.97. The summed E-state index contributed by atoms with van der Waals surface area (Å²) in [6, 6.07) is 15.0. The topological polar surface area (TPSA) is 83.1 Å². The van der Waals surface area contributed by atoms with E-state index in [1.165, 1.54) is 28.8 Å². The van der Waals surface area contributed by atoms with Gasteiger partial charge in [-0.3, -0.25) is 9.69 Å². The highest BCUT2D eigenvalue weighted by atomic mass is 35.5. The number of amidine groups is 1. The summed E-state index contributed by atoms with van der Waals surface area (Å²) in [7, 11) is 1.61. The van der Waals surface area contributed by atoms with Crippen LogP contribution in [0.3, 0.4) is 0 Å². The van der Waals surface area contributed by atoms with Crippen LogP contribution in [0, 0.1) is 0 Å². The number of nitrogens with zero attached hydrogens (tertiary/aromatic N) is 2. The second-order valence-corrected chi connectivity index (χ2v) is 8.32. The number of halogens is 2. The predicted molar refractivity (Wildman–Crippen MR) is 123 cm³/mol. The molecule has 2 heterocycles. The molecule has 0 saturated carbocycles. The largest absolute Gasteiger partial charge is 0.478 e. The van der Waals surface area contributed by atoms with Crippen molar-refractivity contribution in [2.75, 3.05) is 7.05 Å². The average Bonchev–Trinajstić information content (AvgIpc) is 3.31. The van der Waals surface area contributed by atoms with E-state index in [1.807, 2.05) is 0 Å². The number of carbonyl (C=O) groups excluding carboxylic acids is 1. The number of carboxylic acid groups (broad SMARTS) is 1. The van der Waals surface area contributed by atoms with Crippen LogP contribution < -0.4 is 0 Å². The molecule has 2 aromatic carbocycles. The highest BCUT2D eigenvalue weighted by Crippen LogP contribution is 2.37. The van der Waals surface area contributed by atoms with Crippen LogP contribution in [0.5, 0.6) is 0 Å². The van der Waals surface area contributed by atoms with Crippen molar-refractivity contribution in [1.82, 2.24) is 4.90 Å². The molecule has 4 rings (SSSR count). The quantitative estimate of drug-likeness (QED) is 0.457. The van der Waals surface area contributed by atoms with Gasteiger partial charge in [-0.1, -0.05) is 35.3 Å². The first kappa shape index (κ1) is 21.2. The Hall–Kier alpha value is -3.00. The lowest BCUT2D eigenvalue weighted by Gasteiger charge is -2.07. The van der Waals surface area contributed by atoms with Crippen LogP contribution in [0.2, 0.25) is 10.0 Å². The maximum absolute atomic E-state index is 12.6. The third kappa shape index (κ3) is 4.39. The van der Waals surface area contributed by atoms with Gasteiger partial charge in [0.15, 0.2) is 5.17 Å². The number of furan rings is 1. The van der Waals surface area contributed by atoms with Crippen LogP contribution in [0.15, 0.2) is 68.9 Å². The third-order valence-electron chi connectivity index (χ3n) is 4.44. The van der Waals surface area contributed by atoms with Gasteiger partial charge in [0.1, 0.15) is 11.5 Å². The van der Waals surface area contributed by atoms with Crippen molar-refractivity contribution in [3.05, 3.63) is 80.9 Å². The molecule has 156 valence electrons. The molecule has 1 aliphatic heterocycles. The fourth-order valence-electron chi connectivity index (χ4n) is 2.87. The molecule has 0 aliphatic carbocycles.